The number of phosphoric acid groups is 1. The summed E-state index contributed by atoms with van der Waals surface area (Å²) < 4.78 is 13.7. The fourth-order valence-corrected chi connectivity index (χ4v) is 1.18. The first kappa shape index (κ1) is 44.1. The molecule has 17 heteroatoms. The van der Waals surface area contributed by atoms with Gasteiger partial charge in [0, 0.05) is 0 Å². The molecule has 0 aliphatic carbocycles. The molecule has 0 rings (SSSR count). The van der Waals surface area contributed by atoms with Crippen molar-refractivity contribution in [1.29, 1.82) is 0 Å². The number of hydrogen-bond acceptors (Lipinski definition) is 8. The van der Waals surface area contributed by atoms with Gasteiger partial charge in [0.15, 0.2) is 6.10 Å². The van der Waals surface area contributed by atoms with Crippen molar-refractivity contribution < 1.29 is 133 Å². The van der Waals surface area contributed by atoms with Crippen LogP contribution in [0.1, 0.15) is 2.85 Å². The first-order valence-electron chi connectivity index (χ1n) is 4.22. The summed E-state index contributed by atoms with van der Waals surface area (Å²) in [7, 11) is -5.19. The predicted octanol–water partition coefficient (Wildman–Crippen LogP) is -13.0. The average molecular weight is 396 g/mol. The van der Waals surface area contributed by atoms with Crippen molar-refractivity contribution >= 4 is 13.8 Å². The maximum atomic E-state index is 10.8. The van der Waals surface area contributed by atoms with Crippen LogP contribution in [0.5, 0.6) is 0 Å². The molecule has 0 spiro atoms. The third-order valence-electron chi connectivity index (χ3n) is 1.71. The summed E-state index contributed by atoms with van der Waals surface area (Å²) in [6.45, 7) is -0.960. The molecule has 0 bridgehead atoms. The Labute approximate surface area is 177 Å². The third-order valence-corrected chi connectivity index (χ3v) is 2.12. The minimum Gasteiger partial charge on any atom is -1.00 e. The van der Waals surface area contributed by atoms with E-state index in [1.807, 2.05) is 0 Å². The van der Waals surface area contributed by atoms with Crippen LogP contribution in [0.3, 0.4) is 0 Å². The molecule has 14 nitrogen and oxygen atoms in total. The van der Waals surface area contributed by atoms with Crippen LogP contribution in [-0.4, -0.2) is 94.2 Å². The molecule has 0 aromatic heterocycles. The number of aliphatic hydroxyl groups excluding tert-OH is 5. The van der Waals surface area contributed by atoms with Crippen LogP contribution in [0, 0.1) is 0 Å². The molecule has 0 saturated carbocycles. The molecule has 0 saturated heterocycles. The first-order valence-corrected chi connectivity index (χ1v) is 5.75. The molecule has 0 aromatic rings. The van der Waals surface area contributed by atoms with Gasteiger partial charge in [0.2, 0.25) is 0 Å². The van der Waals surface area contributed by atoms with Gasteiger partial charge in [-0.25, -0.2) is 9.36 Å². The van der Waals surface area contributed by atoms with E-state index >= 15 is 0 Å². The molecule has 0 radical (unpaired) electrons. The van der Waals surface area contributed by atoms with Gasteiger partial charge in [-0.1, -0.05) is 0 Å². The fourth-order valence-electron chi connectivity index (χ4n) is 0.833. The summed E-state index contributed by atoms with van der Waals surface area (Å²) in [5.74, 6) is -1.88. The number of phosphoric ester groups is 1. The quantitative estimate of drug-likeness (QED) is 0.164. The zero-order chi connectivity index (χ0) is 13.8. The summed E-state index contributed by atoms with van der Waals surface area (Å²) in [6, 6.07) is 0. The maximum absolute atomic E-state index is 10.8. The minimum absolute atomic E-state index is 0. The van der Waals surface area contributed by atoms with E-state index in [4.69, 9.17) is 35.3 Å². The largest absolute Gasteiger partial charge is 1.00 e. The molecule has 0 aliphatic rings. The Morgan fingerprint density at radius 3 is 1.57 bits per heavy atom. The van der Waals surface area contributed by atoms with Crippen LogP contribution in [0.15, 0.2) is 0 Å². The van der Waals surface area contributed by atoms with E-state index < -0.39 is 44.8 Å². The van der Waals surface area contributed by atoms with Crippen molar-refractivity contribution in [3.8, 4) is 0 Å². The Morgan fingerprint density at radius 2 is 1.30 bits per heavy atom. The van der Waals surface area contributed by atoms with Gasteiger partial charge < -0.3 is 54.8 Å². The second-order valence-corrected chi connectivity index (χ2v) is 4.24. The zero-order valence-electron chi connectivity index (χ0n) is 14.3. The van der Waals surface area contributed by atoms with Crippen LogP contribution in [0.4, 0.5) is 0 Å². The topological polar surface area (TPSA) is 311 Å². The van der Waals surface area contributed by atoms with E-state index in [1.165, 1.54) is 0 Å². The second-order valence-electron chi connectivity index (χ2n) is 3.08. The molecule has 0 fully saturated rings. The smallest absolute Gasteiger partial charge is 1.00 e. The van der Waals surface area contributed by atoms with Gasteiger partial charge >= 0.3 is 72.9 Å². The summed E-state index contributed by atoms with van der Waals surface area (Å²) in [5, 5.41) is 44.6. The standard InChI is InChI=1S/C6H13O10P.2Na.4H2O.2H/c7-1-2(8)3(9)4(10)5(11)6(12)16-17(13,14)15;;;;;;;;/h2-5,7-11H,1H2,(H2,13,14,15);;;4*1H2;;/q;2*+1;;;;;2*-1/t2-,3-,4+,5-;;;;;;;;/m1......../s1. The monoisotopic (exact) mass is 396 g/mol. The van der Waals surface area contributed by atoms with Crippen molar-refractivity contribution in [2.75, 3.05) is 6.61 Å². The van der Waals surface area contributed by atoms with Gasteiger partial charge in [0.1, 0.15) is 18.3 Å². The Bertz CT molecular complexity index is 322. The number of carbonyl (C=O) groups is 1. The molecule has 4 atom stereocenters. The molecule has 138 valence electrons. The van der Waals surface area contributed by atoms with E-state index in [0.29, 0.717) is 0 Å². The van der Waals surface area contributed by atoms with Gasteiger partial charge in [-0.3, -0.25) is 9.79 Å². The van der Waals surface area contributed by atoms with Gasteiger partial charge in [-0.15, -0.1) is 0 Å². The molecular formula is C6H23Na2O14P. The molecule has 0 amide bonds. The number of carbonyl (C=O) groups excluding carboxylic acids is 1. The number of rotatable bonds is 6. The van der Waals surface area contributed by atoms with E-state index in [0.717, 1.165) is 0 Å². The maximum Gasteiger partial charge on any atom is 1.00 e. The molecule has 23 heavy (non-hydrogen) atoms. The van der Waals surface area contributed by atoms with Crippen molar-refractivity contribution in [1.82, 2.24) is 0 Å². The van der Waals surface area contributed by atoms with Gasteiger partial charge in [-0.2, -0.15) is 0 Å². The van der Waals surface area contributed by atoms with E-state index in [-0.39, 0.29) is 83.9 Å². The SMILES string of the molecule is O.O.O.O.O=C(OP(=O)(O)O)[C@H](O)[C@@H](O)[C@H](O)[C@H](O)CO.[H-].[H-].[Na+].[Na+]. The van der Waals surface area contributed by atoms with Crippen LogP contribution in [-0.2, 0) is 13.9 Å². The first-order chi connectivity index (χ1) is 7.60. The van der Waals surface area contributed by atoms with Gasteiger partial charge in [0.05, 0.1) is 6.61 Å². The fraction of sp³-hybridized carbons (Fsp3) is 0.833. The van der Waals surface area contributed by atoms with E-state index in [1.54, 1.807) is 0 Å². The Balaban J connectivity index is -0.0000000457. The van der Waals surface area contributed by atoms with Crippen LogP contribution in [0.2, 0.25) is 0 Å². The second kappa shape index (κ2) is 19.6. The molecule has 15 N–H and O–H groups in total. The summed E-state index contributed by atoms with van der Waals surface area (Å²) in [6.07, 6.45) is -8.71. The number of aliphatic hydroxyl groups is 5. The van der Waals surface area contributed by atoms with Gasteiger partial charge in [0.25, 0.3) is 0 Å². The van der Waals surface area contributed by atoms with Crippen molar-refractivity contribution in [3.05, 3.63) is 0 Å². The summed E-state index contributed by atoms with van der Waals surface area (Å²) in [5.41, 5.74) is 0. The Kier molecular flexibility index (Phi) is 37.5. The normalized spacial score (nSPS) is 14.2. The van der Waals surface area contributed by atoms with Crippen molar-refractivity contribution in [2.45, 2.75) is 24.4 Å². The average Bonchev–Trinajstić information content (AvgIpc) is 2.22. The molecule has 0 heterocycles. The van der Waals surface area contributed by atoms with Gasteiger partial charge in [-0.05, 0) is 0 Å². The minimum atomic E-state index is -5.19. The van der Waals surface area contributed by atoms with E-state index in [2.05, 4.69) is 4.52 Å². The van der Waals surface area contributed by atoms with Crippen LogP contribution >= 0.6 is 7.82 Å². The van der Waals surface area contributed by atoms with Crippen LogP contribution < -0.4 is 59.1 Å². The number of hydrogen-bond donors (Lipinski definition) is 7. The molecule has 0 aliphatic heterocycles. The third kappa shape index (κ3) is 17.9. The van der Waals surface area contributed by atoms with Crippen molar-refractivity contribution in [3.63, 3.8) is 0 Å². The Hall–Kier alpha value is 1.26. The summed E-state index contributed by atoms with van der Waals surface area (Å²) >= 11 is 0. The predicted molar refractivity (Wildman–Crippen MR) is 65.9 cm³/mol. The zero-order valence-corrected chi connectivity index (χ0v) is 17.2. The molecule has 0 aromatic carbocycles. The van der Waals surface area contributed by atoms with E-state index in [9.17, 15) is 9.36 Å². The van der Waals surface area contributed by atoms with Crippen molar-refractivity contribution in [2.24, 2.45) is 0 Å². The molecular weight excluding hydrogens is 373 g/mol. The Morgan fingerprint density at radius 1 is 0.957 bits per heavy atom. The van der Waals surface area contributed by atoms with Crippen LogP contribution in [0.25, 0.3) is 0 Å². The summed E-state index contributed by atoms with van der Waals surface area (Å²) in [4.78, 5) is 27.3. The molecule has 0 unspecified atom stereocenters.